The minimum Gasteiger partial charge on any atom is -0.483 e. The van der Waals surface area contributed by atoms with Gasteiger partial charge >= 0.3 is 0 Å². The van der Waals surface area contributed by atoms with Gasteiger partial charge in [0.15, 0.2) is 0 Å². The minimum absolute atomic E-state index is 0.0189. The van der Waals surface area contributed by atoms with Crippen molar-refractivity contribution in [3.05, 3.63) is 34.2 Å². The molecule has 2 saturated heterocycles. The largest absolute Gasteiger partial charge is 0.483 e. The molecule has 0 spiro atoms. The van der Waals surface area contributed by atoms with Gasteiger partial charge in [0.1, 0.15) is 6.04 Å². The van der Waals surface area contributed by atoms with E-state index in [9.17, 15) is 14.4 Å². The Morgan fingerprint density at radius 3 is 2.23 bits per heavy atom. The Kier molecular flexibility index (Phi) is 6.16. The van der Waals surface area contributed by atoms with Crippen molar-refractivity contribution in [3.63, 3.8) is 0 Å². The molecule has 8 nitrogen and oxygen atoms in total. The van der Waals surface area contributed by atoms with Crippen molar-refractivity contribution in [1.29, 1.82) is 0 Å². The van der Waals surface area contributed by atoms with E-state index in [1.54, 1.807) is 23.6 Å². The molecule has 4 aliphatic rings. The van der Waals surface area contributed by atoms with E-state index in [-0.39, 0.29) is 35.7 Å². The molecule has 4 heterocycles. The lowest BCUT2D eigenvalue weighted by Crippen LogP contribution is -2.54. The molecule has 1 aromatic rings. The summed E-state index contributed by atoms with van der Waals surface area (Å²) in [7, 11) is 0. The highest BCUT2D eigenvalue weighted by molar-refractivity contribution is 5.82. The molecule has 5 atom stereocenters. The molecule has 31 heavy (non-hydrogen) atoms. The summed E-state index contributed by atoms with van der Waals surface area (Å²) < 4.78 is 1.76. The Balaban J connectivity index is 0.000000730. The topological polar surface area (TPSA) is 99.9 Å². The van der Waals surface area contributed by atoms with Crippen LogP contribution in [0.5, 0.6) is 0 Å². The predicted octanol–water partition coefficient (Wildman–Crippen LogP) is 1.70. The van der Waals surface area contributed by atoms with E-state index in [2.05, 4.69) is 0 Å². The smallest absolute Gasteiger partial charge is 0.290 e. The summed E-state index contributed by atoms with van der Waals surface area (Å²) >= 11 is 0. The van der Waals surface area contributed by atoms with Gasteiger partial charge in [0.2, 0.25) is 11.8 Å². The van der Waals surface area contributed by atoms with E-state index in [1.165, 1.54) is 25.7 Å². The summed E-state index contributed by atoms with van der Waals surface area (Å²) in [5.41, 5.74) is 0.836. The van der Waals surface area contributed by atoms with Crippen LogP contribution in [0.4, 0.5) is 0 Å². The number of hydrogen-bond acceptors (Lipinski definition) is 4. The van der Waals surface area contributed by atoms with Crippen molar-refractivity contribution in [3.8, 4) is 0 Å². The Labute approximate surface area is 181 Å². The number of amides is 2. The molecule has 1 saturated carbocycles. The van der Waals surface area contributed by atoms with Gasteiger partial charge in [-0.05, 0) is 37.2 Å². The zero-order chi connectivity index (χ0) is 22.1. The zero-order valence-corrected chi connectivity index (χ0v) is 18.0. The standard InChI is InChI=1S/C22H29N3O3.CH2O2/c1-14(26)23-12-17-9-18(13-23)21(25-19(17)7-4-8-20(25)27)22(28)24-10-15-5-2-3-6-16(15)11-24;2-1-3/h4,7-8,15-18,21H,2-3,5-6,9-13H2,1H3;1H,(H,2,3)/t15-,16+,17-,18+,21-;/m1./s1. The monoisotopic (exact) mass is 429 g/mol. The van der Waals surface area contributed by atoms with Crippen molar-refractivity contribution < 1.29 is 19.5 Å². The molecule has 0 unspecified atom stereocenters. The molecule has 0 radical (unpaired) electrons. The Morgan fingerprint density at radius 2 is 1.61 bits per heavy atom. The molecule has 2 bridgehead atoms. The molecular formula is C23H31N3O5. The summed E-state index contributed by atoms with van der Waals surface area (Å²) in [6.07, 6.45) is 5.86. The van der Waals surface area contributed by atoms with Crippen LogP contribution >= 0.6 is 0 Å². The number of carbonyl (C=O) groups excluding carboxylic acids is 2. The SMILES string of the molecule is CC(=O)N1C[C@H]2C[C@@H](C1)[C@H](C(=O)N1C[C@H]3CCCC[C@H]3C1)n1c2cccc1=O.O=CO. The highest BCUT2D eigenvalue weighted by atomic mass is 16.3. The number of rotatable bonds is 1. The van der Waals surface area contributed by atoms with Crippen LogP contribution in [0, 0.1) is 17.8 Å². The number of pyridine rings is 1. The molecule has 1 aliphatic carbocycles. The van der Waals surface area contributed by atoms with Crippen LogP contribution in [0.25, 0.3) is 0 Å². The van der Waals surface area contributed by atoms with E-state index in [0.29, 0.717) is 24.9 Å². The van der Waals surface area contributed by atoms with Gasteiger partial charge in [0.05, 0.1) is 0 Å². The van der Waals surface area contributed by atoms with Gasteiger partial charge in [-0.2, -0.15) is 0 Å². The first-order chi connectivity index (χ1) is 14.9. The fraction of sp³-hybridized carbons (Fsp3) is 0.652. The lowest BCUT2D eigenvalue weighted by molar-refractivity contribution is -0.141. The van der Waals surface area contributed by atoms with E-state index in [1.807, 2.05) is 15.9 Å². The summed E-state index contributed by atoms with van der Waals surface area (Å²) in [4.78, 5) is 50.8. The second kappa shape index (κ2) is 8.85. The number of carboxylic acid groups (broad SMARTS) is 1. The average molecular weight is 430 g/mol. The third-order valence-corrected chi connectivity index (χ3v) is 7.63. The lowest BCUT2D eigenvalue weighted by Gasteiger charge is -2.46. The van der Waals surface area contributed by atoms with Crippen LogP contribution in [0.2, 0.25) is 0 Å². The number of piperidine rings is 1. The third kappa shape index (κ3) is 4.00. The van der Waals surface area contributed by atoms with Gasteiger partial charge in [-0.15, -0.1) is 0 Å². The van der Waals surface area contributed by atoms with E-state index in [0.717, 1.165) is 25.2 Å². The Hall–Kier alpha value is -2.64. The molecule has 2 amide bonds. The Morgan fingerprint density at radius 1 is 1.00 bits per heavy atom. The molecule has 1 N–H and O–H groups in total. The quantitative estimate of drug-likeness (QED) is 0.685. The van der Waals surface area contributed by atoms with Crippen LogP contribution in [0.3, 0.4) is 0 Å². The fourth-order valence-electron chi connectivity index (χ4n) is 6.28. The molecule has 168 valence electrons. The van der Waals surface area contributed by atoms with E-state index >= 15 is 0 Å². The molecule has 0 aromatic carbocycles. The number of hydrogen-bond donors (Lipinski definition) is 1. The number of aromatic nitrogens is 1. The highest BCUT2D eigenvalue weighted by Gasteiger charge is 2.47. The highest BCUT2D eigenvalue weighted by Crippen LogP contribution is 2.43. The van der Waals surface area contributed by atoms with E-state index < -0.39 is 6.04 Å². The first kappa shape index (κ1) is 21.6. The van der Waals surface area contributed by atoms with Gasteiger partial charge in [-0.3, -0.25) is 23.7 Å². The maximum atomic E-state index is 13.7. The van der Waals surface area contributed by atoms with Crippen molar-refractivity contribution in [2.45, 2.75) is 51.0 Å². The average Bonchev–Trinajstić information content (AvgIpc) is 3.19. The van der Waals surface area contributed by atoms with Gasteiger partial charge in [0.25, 0.3) is 12.0 Å². The minimum atomic E-state index is -0.470. The number of likely N-dealkylation sites (tertiary alicyclic amines) is 2. The molecule has 8 heteroatoms. The normalized spacial score (nSPS) is 31.1. The number of nitrogens with zero attached hydrogens (tertiary/aromatic N) is 3. The second-order valence-corrected chi connectivity index (χ2v) is 9.37. The molecule has 3 aliphatic heterocycles. The first-order valence-corrected chi connectivity index (χ1v) is 11.3. The van der Waals surface area contributed by atoms with Gasteiger partial charge in [-0.25, -0.2) is 0 Å². The van der Waals surface area contributed by atoms with Crippen LogP contribution < -0.4 is 5.56 Å². The van der Waals surface area contributed by atoms with Gasteiger partial charge in [-0.1, -0.05) is 18.9 Å². The third-order valence-electron chi connectivity index (χ3n) is 7.63. The summed E-state index contributed by atoms with van der Waals surface area (Å²) in [6, 6.07) is 4.85. The van der Waals surface area contributed by atoms with E-state index in [4.69, 9.17) is 9.90 Å². The number of carbonyl (C=O) groups is 3. The molecular weight excluding hydrogens is 398 g/mol. The molecule has 5 rings (SSSR count). The van der Waals surface area contributed by atoms with Crippen LogP contribution in [-0.4, -0.2) is 63.9 Å². The fourth-order valence-corrected chi connectivity index (χ4v) is 6.28. The summed E-state index contributed by atoms with van der Waals surface area (Å²) in [5.74, 6) is 1.56. The Bertz CT molecular complexity index is 899. The van der Waals surface area contributed by atoms with Crippen LogP contribution in [0.15, 0.2) is 23.0 Å². The maximum absolute atomic E-state index is 13.7. The van der Waals surface area contributed by atoms with Crippen molar-refractivity contribution in [2.24, 2.45) is 17.8 Å². The van der Waals surface area contributed by atoms with Crippen LogP contribution in [0.1, 0.15) is 56.7 Å². The predicted molar refractivity (Wildman–Crippen MR) is 114 cm³/mol. The van der Waals surface area contributed by atoms with Crippen molar-refractivity contribution >= 4 is 18.3 Å². The first-order valence-electron chi connectivity index (χ1n) is 11.3. The van der Waals surface area contributed by atoms with Gasteiger partial charge < -0.3 is 14.9 Å². The maximum Gasteiger partial charge on any atom is 0.290 e. The van der Waals surface area contributed by atoms with Crippen molar-refractivity contribution in [1.82, 2.24) is 14.4 Å². The summed E-state index contributed by atoms with van der Waals surface area (Å²) in [6.45, 7) is 4.24. The van der Waals surface area contributed by atoms with Gasteiger partial charge in [0, 0.05) is 56.7 Å². The van der Waals surface area contributed by atoms with Crippen LogP contribution in [-0.2, 0) is 14.4 Å². The zero-order valence-electron chi connectivity index (χ0n) is 18.0. The van der Waals surface area contributed by atoms with Crippen molar-refractivity contribution in [2.75, 3.05) is 26.2 Å². The molecule has 3 fully saturated rings. The number of fused-ring (bicyclic) bond motifs is 5. The second-order valence-electron chi connectivity index (χ2n) is 9.37. The molecule has 1 aromatic heterocycles. The summed E-state index contributed by atoms with van der Waals surface area (Å²) in [5, 5.41) is 6.89. The lowest BCUT2D eigenvalue weighted by atomic mass is 9.78.